The van der Waals surface area contributed by atoms with Gasteiger partial charge in [-0.25, -0.2) is 0 Å². The summed E-state index contributed by atoms with van der Waals surface area (Å²) in [4.78, 5) is 14.5. The number of rotatable bonds is 2. The Kier molecular flexibility index (Phi) is 3.33. The number of fused-ring (bicyclic) bond motifs is 1. The molecule has 0 unspecified atom stereocenters. The fraction of sp³-hybridized carbons (Fsp3) is 0.917. The van der Waals surface area contributed by atoms with E-state index in [-0.39, 0.29) is 30.7 Å². The van der Waals surface area contributed by atoms with Gasteiger partial charge in [-0.05, 0) is 18.3 Å². The highest BCUT2D eigenvalue weighted by Gasteiger charge is 2.83. The zero-order chi connectivity index (χ0) is 13.2. The van der Waals surface area contributed by atoms with Crippen molar-refractivity contribution in [3.63, 3.8) is 0 Å². The SMILES string of the molecule is CN(C)C(=O)[C@]12CC[C@](C(Br)Br)([C@H]1Br)C2(C)C. The van der Waals surface area contributed by atoms with Gasteiger partial charge < -0.3 is 4.90 Å². The van der Waals surface area contributed by atoms with Gasteiger partial charge in [0.1, 0.15) is 0 Å². The van der Waals surface area contributed by atoms with Crippen LogP contribution in [-0.2, 0) is 4.79 Å². The fourth-order valence-electron chi connectivity index (χ4n) is 4.07. The largest absolute Gasteiger partial charge is 0.348 e. The number of amides is 1. The van der Waals surface area contributed by atoms with Crippen LogP contribution in [0.5, 0.6) is 0 Å². The van der Waals surface area contributed by atoms with Gasteiger partial charge in [-0.3, -0.25) is 4.79 Å². The first-order valence-corrected chi connectivity index (χ1v) is 8.55. The van der Waals surface area contributed by atoms with Gasteiger partial charge >= 0.3 is 0 Å². The monoisotopic (exact) mass is 429 g/mol. The summed E-state index contributed by atoms with van der Waals surface area (Å²) in [5.41, 5.74) is -0.109. The number of carbonyl (C=O) groups is 1. The molecule has 3 rings (SSSR count). The summed E-state index contributed by atoms with van der Waals surface area (Å²) < 4.78 is 0.243. The summed E-state index contributed by atoms with van der Waals surface area (Å²) in [7, 11) is 3.70. The first-order valence-electron chi connectivity index (χ1n) is 5.80. The average molecular weight is 432 g/mol. The van der Waals surface area contributed by atoms with Gasteiger partial charge in [0.25, 0.3) is 0 Å². The van der Waals surface area contributed by atoms with E-state index in [4.69, 9.17) is 0 Å². The van der Waals surface area contributed by atoms with E-state index in [1.165, 1.54) is 0 Å². The Labute approximate surface area is 128 Å². The highest BCUT2D eigenvalue weighted by atomic mass is 79.9. The van der Waals surface area contributed by atoms with Gasteiger partial charge in [0.05, 0.1) is 9.15 Å². The van der Waals surface area contributed by atoms with Crippen molar-refractivity contribution in [1.29, 1.82) is 0 Å². The summed E-state index contributed by atoms with van der Waals surface area (Å²) in [6.07, 6.45) is 2.05. The molecule has 0 spiro atoms. The van der Waals surface area contributed by atoms with E-state index >= 15 is 0 Å². The molecule has 0 aromatic heterocycles. The second-order valence-corrected chi connectivity index (χ2v) is 9.98. The summed E-state index contributed by atoms with van der Waals surface area (Å²) in [6, 6.07) is 0. The molecule has 2 bridgehead atoms. The molecule has 1 amide bonds. The number of carbonyl (C=O) groups excluding carboxylic acids is 1. The van der Waals surface area contributed by atoms with Crippen LogP contribution in [-0.4, -0.2) is 33.5 Å². The number of hydrogen-bond acceptors (Lipinski definition) is 1. The lowest BCUT2D eigenvalue weighted by Crippen LogP contribution is -2.71. The lowest BCUT2D eigenvalue weighted by atomic mass is 9.43. The minimum absolute atomic E-state index is 0.00713. The molecule has 0 aliphatic heterocycles. The Bertz CT molecular complexity index is 369. The second-order valence-electron chi connectivity index (χ2n) is 6.00. The average Bonchev–Trinajstić information content (AvgIpc) is 2.66. The van der Waals surface area contributed by atoms with Crippen molar-refractivity contribution < 1.29 is 4.79 Å². The molecule has 0 aromatic carbocycles. The fourth-order valence-corrected chi connectivity index (χ4v) is 8.97. The minimum atomic E-state index is -0.240. The molecule has 3 atom stereocenters. The molecular formula is C12H18Br3NO. The molecule has 3 fully saturated rings. The lowest BCUT2D eigenvalue weighted by Gasteiger charge is -2.66. The molecule has 2 nitrogen and oxygen atoms in total. The van der Waals surface area contributed by atoms with Crippen molar-refractivity contribution in [3.05, 3.63) is 0 Å². The third kappa shape index (κ3) is 1.29. The molecular weight excluding hydrogens is 414 g/mol. The molecule has 3 aliphatic rings. The summed E-state index contributed by atoms with van der Waals surface area (Å²) >= 11 is 11.2. The number of alkyl halides is 3. The summed E-state index contributed by atoms with van der Waals surface area (Å²) in [5, 5.41) is 0. The van der Waals surface area contributed by atoms with E-state index < -0.39 is 0 Å². The molecule has 0 radical (unpaired) electrons. The highest BCUT2D eigenvalue weighted by molar-refractivity contribution is 9.24. The first kappa shape index (κ1) is 14.3. The normalized spacial score (nSPS) is 42.5. The Morgan fingerprint density at radius 3 is 2.12 bits per heavy atom. The van der Waals surface area contributed by atoms with Crippen molar-refractivity contribution in [1.82, 2.24) is 4.90 Å². The minimum Gasteiger partial charge on any atom is -0.348 e. The van der Waals surface area contributed by atoms with Gasteiger partial charge in [-0.1, -0.05) is 61.6 Å². The molecule has 0 N–H and O–H groups in total. The van der Waals surface area contributed by atoms with Crippen molar-refractivity contribution >= 4 is 53.7 Å². The van der Waals surface area contributed by atoms with E-state index in [2.05, 4.69) is 61.6 Å². The molecule has 17 heavy (non-hydrogen) atoms. The van der Waals surface area contributed by atoms with Crippen LogP contribution in [0.25, 0.3) is 0 Å². The van der Waals surface area contributed by atoms with E-state index in [0.717, 1.165) is 12.8 Å². The molecule has 3 saturated carbocycles. The van der Waals surface area contributed by atoms with E-state index in [9.17, 15) is 4.79 Å². The van der Waals surface area contributed by atoms with Crippen LogP contribution in [0.15, 0.2) is 0 Å². The topological polar surface area (TPSA) is 20.3 Å². The van der Waals surface area contributed by atoms with Crippen molar-refractivity contribution in [3.8, 4) is 0 Å². The Morgan fingerprint density at radius 1 is 1.29 bits per heavy atom. The van der Waals surface area contributed by atoms with E-state index in [1.54, 1.807) is 4.90 Å². The molecule has 5 heteroatoms. The Morgan fingerprint density at radius 2 is 1.82 bits per heavy atom. The lowest BCUT2D eigenvalue weighted by molar-refractivity contribution is -0.170. The van der Waals surface area contributed by atoms with Gasteiger partial charge in [-0.2, -0.15) is 0 Å². The van der Waals surface area contributed by atoms with Gasteiger partial charge in [0.2, 0.25) is 5.91 Å². The quantitative estimate of drug-likeness (QED) is 0.609. The van der Waals surface area contributed by atoms with Crippen molar-refractivity contribution in [2.45, 2.75) is 35.3 Å². The molecule has 0 saturated heterocycles. The standard InChI is InChI=1S/C12H18Br3NO/c1-10(2)11(8(14)15)5-6-12(10,7(11)13)9(17)16(3)4/h7-8H,5-6H2,1-4H3/t7-,11-,12+/m1/s1. The van der Waals surface area contributed by atoms with Crippen LogP contribution < -0.4 is 0 Å². The van der Waals surface area contributed by atoms with Crippen LogP contribution in [0, 0.1) is 16.2 Å². The molecule has 0 aromatic rings. The van der Waals surface area contributed by atoms with E-state index in [0.29, 0.717) is 0 Å². The van der Waals surface area contributed by atoms with Crippen molar-refractivity contribution in [2.24, 2.45) is 16.2 Å². The van der Waals surface area contributed by atoms with Crippen LogP contribution in [0.4, 0.5) is 0 Å². The number of hydrogen-bond donors (Lipinski definition) is 0. The number of nitrogens with zero attached hydrogens (tertiary/aromatic N) is 1. The third-order valence-electron chi connectivity index (χ3n) is 5.27. The zero-order valence-corrected chi connectivity index (χ0v) is 15.3. The van der Waals surface area contributed by atoms with Crippen LogP contribution >= 0.6 is 47.8 Å². The summed E-state index contributed by atoms with van der Waals surface area (Å²) in [6.45, 7) is 4.46. The maximum Gasteiger partial charge on any atom is 0.229 e. The van der Waals surface area contributed by atoms with Crippen molar-refractivity contribution in [2.75, 3.05) is 14.1 Å². The van der Waals surface area contributed by atoms with Gasteiger partial charge in [-0.15, -0.1) is 0 Å². The maximum absolute atomic E-state index is 12.6. The maximum atomic E-state index is 12.6. The van der Waals surface area contributed by atoms with Crippen LogP contribution in [0.3, 0.4) is 0 Å². The predicted octanol–water partition coefficient (Wildman–Crippen LogP) is 3.76. The smallest absolute Gasteiger partial charge is 0.229 e. The predicted molar refractivity (Wildman–Crippen MR) is 80.9 cm³/mol. The summed E-state index contributed by atoms with van der Waals surface area (Å²) in [5.74, 6) is 0.262. The van der Waals surface area contributed by atoms with E-state index in [1.807, 2.05) is 14.1 Å². The Hall–Kier alpha value is 0.910. The van der Waals surface area contributed by atoms with Crippen LogP contribution in [0.1, 0.15) is 26.7 Å². The Balaban J connectivity index is 2.46. The van der Waals surface area contributed by atoms with Crippen LogP contribution in [0.2, 0.25) is 0 Å². The number of halogens is 3. The van der Waals surface area contributed by atoms with Gasteiger partial charge in [0.15, 0.2) is 0 Å². The first-order chi connectivity index (χ1) is 7.66. The molecule has 98 valence electrons. The highest BCUT2D eigenvalue weighted by Crippen LogP contribution is 2.82. The zero-order valence-electron chi connectivity index (χ0n) is 10.6. The molecule has 3 aliphatic carbocycles. The third-order valence-corrected chi connectivity index (χ3v) is 8.51. The molecule has 0 heterocycles. The van der Waals surface area contributed by atoms with Gasteiger partial charge in [0, 0.05) is 24.3 Å². The second kappa shape index (κ2) is 3.95.